The molecule has 7 aliphatic rings. The topological polar surface area (TPSA) is 214 Å². The molecule has 13 nitrogen and oxygen atoms in total. The number of amides is 2. The fourth-order valence-electron chi connectivity index (χ4n) is 15.2. The zero-order valence-corrected chi connectivity index (χ0v) is 37.7. The summed E-state index contributed by atoms with van der Waals surface area (Å²) in [7, 11) is 2.90. The van der Waals surface area contributed by atoms with E-state index in [1.165, 1.54) is 88.9 Å². The van der Waals surface area contributed by atoms with Crippen LogP contribution in [0, 0.1) is 70.0 Å². The number of nitrogens with zero attached hydrogens (tertiary/aromatic N) is 1. The number of phenols is 1. The number of carbonyl (C=O) groups is 6. The van der Waals surface area contributed by atoms with Crippen LogP contribution in [0.3, 0.4) is 0 Å². The van der Waals surface area contributed by atoms with Crippen LogP contribution >= 0.6 is 0 Å². The van der Waals surface area contributed by atoms with Crippen molar-refractivity contribution in [2.75, 3.05) is 19.4 Å². The lowest BCUT2D eigenvalue weighted by Gasteiger charge is -2.61. The summed E-state index contributed by atoms with van der Waals surface area (Å²) in [5, 5.41) is 38.1. The maximum Gasteiger partial charge on any atom is 0.412 e. The second-order valence-corrected chi connectivity index (χ2v) is 21.9. The molecule has 340 valence electrons. The minimum Gasteiger partial charge on any atom is -0.505 e. The van der Waals surface area contributed by atoms with Crippen molar-refractivity contribution < 1.29 is 48.8 Å². The summed E-state index contributed by atoms with van der Waals surface area (Å²) in [4.78, 5) is 83.1. The number of nitrogens with two attached hydrogens (primary N) is 1. The molecule has 2 amide bonds. The first-order valence-corrected chi connectivity index (χ1v) is 23.5. The summed E-state index contributed by atoms with van der Waals surface area (Å²) >= 11 is 0. The van der Waals surface area contributed by atoms with Crippen LogP contribution in [0.2, 0.25) is 0 Å². The molecule has 16 atom stereocenters. The fourth-order valence-corrected chi connectivity index (χ4v) is 15.2. The number of ether oxygens (including phenoxy) is 1. The molecule has 0 aliphatic heterocycles. The van der Waals surface area contributed by atoms with Crippen molar-refractivity contribution in [1.29, 1.82) is 0 Å². The van der Waals surface area contributed by atoms with Gasteiger partial charge >= 0.3 is 6.09 Å². The number of aliphatic hydroxyl groups excluding tert-OH is 1. The number of fused-ring (bicyclic) bond motifs is 8. The number of Topliss-reactive ketones (excluding diaryl/α,β-unsaturated/α-hetero) is 4. The predicted octanol–water partition coefficient (Wildman–Crippen LogP) is 6.19. The number of rotatable bonds is 9. The largest absolute Gasteiger partial charge is 0.505 e. The Bertz CT molecular complexity index is 2030. The van der Waals surface area contributed by atoms with E-state index in [-0.39, 0.29) is 28.3 Å². The van der Waals surface area contributed by atoms with E-state index < -0.39 is 88.2 Å². The van der Waals surface area contributed by atoms with Gasteiger partial charge in [-0.05, 0) is 142 Å². The zero-order valence-electron chi connectivity index (χ0n) is 37.7. The van der Waals surface area contributed by atoms with Crippen LogP contribution in [0.15, 0.2) is 12.1 Å². The Balaban J connectivity index is 0.947. The number of aromatic hydroxyl groups is 1. The monoisotopic (exact) mass is 859 g/mol. The van der Waals surface area contributed by atoms with Crippen LogP contribution in [0.5, 0.6) is 5.75 Å². The van der Waals surface area contributed by atoms with Gasteiger partial charge in [-0.25, -0.2) is 4.79 Å². The molecule has 7 unspecified atom stereocenters. The van der Waals surface area contributed by atoms with Crippen molar-refractivity contribution in [3.8, 4) is 5.75 Å². The van der Waals surface area contributed by atoms with Crippen LogP contribution in [-0.2, 0) is 23.9 Å². The van der Waals surface area contributed by atoms with Gasteiger partial charge in [0, 0.05) is 5.92 Å². The Morgan fingerprint density at radius 2 is 1.65 bits per heavy atom. The molecule has 0 heterocycles. The quantitative estimate of drug-likeness (QED) is 0.107. The van der Waals surface area contributed by atoms with E-state index in [2.05, 4.69) is 33.0 Å². The third-order valence-electron chi connectivity index (χ3n) is 18.4. The minimum atomic E-state index is -3.09. The Hall–Kier alpha value is -3.68. The summed E-state index contributed by atoms with van der Waals surface area (Å²) in [6, 6.07) is 1.52. The van der Waals surface area contributed by atoms with E-state index in [0.29, 0.717) is 17.3 Å². The van der Waals surface area contributed by atoms with Crippen molar-refractivity contribution in [1.82, 2.24) is 4.90 Å². The first-order chi connectivity index (χ1) is 29.2. The SMILES string of the molecule is CC(C)CCCC[C@H]1CCC2C3CCC4CC(OC(=O)Nc5ccc6c(c5O)C(=O)C5C(=O)[C@]7(O)C(=O)C(C(N)=O)C(=O)[C@@H](N(C)C)[C@@H]7[C@@H](O)[C@@H]5[C@H]6C)CC[C@]4(C)C3CC[C@@]21C. The second-order valence-electron chi connectivity index (χ2n) is 21.9. The molecule has 13 heteroatoms. The number of carbonyl (C=O) groups excluding carboxylic acids is 6. The molecule has 0 aromatic heterocycles. The molecule has 6 N–H and O–H groups in total. The first-order valence-electron chi connectivity index (χ1n) is 23.5. The van der Waals surface area contributed by atoms with E-state index >= 15 is 0 Å². The summed E-state index contributed by atoms with van der Waals surface area (Å²) in [6.07, 6.45) is 12.7. The number of unbranched alkanes of at least 4 members (excludes halogenated alkanes) is 1. The molecule has 6 fully saturated rings. The van der Waals surface area contributed by atoms with Crippen molar-refractivity contribution in [2.24, 2.45) is 75.7 Å². The fraction of sp³-hybridized carbons (Fsp3) is 0.755. The number of likely N-dealkylation sites (N-methyl/N-ethyl adjacent to an activating group) is 1. The molecule has 0 saturated heterocycles. The minimum absolute atomic E-state index is 0.116. The normalized spacial score (nSPS) is 42.3. The van der Waals surface area contributed by atoms with Crippen molar-refractivity contribution in [2.45, 2.75) is 148 Å². The van der Waals surface area contributed by atoms with Crippen molar-refractivity contribution in [3.05, 3.63) is 23.3 Å². The van der Waals surface area contributed by atoms with Gasteiger partial charge in [0.1, 0.15) is 11.9 Å². The number of ketones is 4. The highest BCUT2D eigenvalue weighted by atomic mass is 16.6. The van der Waals surface area contributed by atoms with Gasteiger partial charge in [-0.15, -0.1) is 0 Å². The highest BCUT2D eigenvalue weighted by Gasteiger charge is 2.73. The molecular formula is C49H69N3O10. The smallest absolute Gasteiger partial charge is 0.412 e. The van der Waals surface area contributed by atoms with Crippen LogP contribution in [0.25, 0.3) is 0 Å². The van der Waals surface area contributed by atoms with Gasteiger partial charge in [-0.2, -0.15) is 0 Å². The molecule has 8 rings (SSSR count). The highest BCUT2D eigenvalue weighted by Crippen LogP contribution is 2.68. The molecular weight excluding hydrogens is 791 g/mol. The van der Waals surface area contributed by atoms with E-state index in [1.807, 2.05) is 0 Å². The Morgan fingerprint density at radius 3 is 2.32 bits per heavy atom. The molecule has 0 bridgehead atoms. The van der Waals surface area contributed by atoms with Crippen LogP contribution < -0.4 is 11.1 Å². The lowest BCUT2D eigenvalue weighted by molar-refractivity contribution is -0.196. The third-order valence-corrected chi connectivity index (χ3v) is 18.4. The summed E-state index contributed by atoms with van der Waals surface area (Å²) < 4.78 is 6.03. The molecule has 7 aliphatic carbocycles. The maximum atomic E-state index is 14.4. The van der Waals surface area contributed by atoms with Gasteiger partial charge in [0.15, 0.2) is 34.7 Å². The molecule has 62 heavy (non-hydrogen) atoms. The van der Waals surface area contributed by atoms with Crippen molar-refractivity contribution >= 4 is 40.8 Å². The van der Waals surface area contributed by atoms with E-state index in [4.69, 9.17) is 10.5 Å². The van der Waals surface area contributed by atoms with Gasteiger partial charge in [0.25, 0.3) is 0 Å². The average molecular weight is 860 g/mol. The molecule has 0 spiro atoms. The summed E-state index contributed by atoms with van der Waals surface area (Å²) in [6.45, 7) is 11.4. The van der Waals surface area contributed by atoms with Gasteiger partial charge in [-0.3, -0.25) is 34.2 Å². The second kappa shape index (κ2) is 16.1. The molecule has 0 radical (unpaired) electrons. The van der Waals surface area contributed by atoms with Crippen LogP contribution in [0.1, 0.15) is 140 Å². The van der Waals surface area contributed by atoms with Gasteiger partial charge < -0.3 is 25.8 Å². The Labute approximate surface area is 365 Å². The van der Waals surface area contributed by atoms with Crippen LogP contribution in [0.4, 0.5) is 10.5 Å². The predicted molar refractivity (Wildman–Crippen MR) is 230 cm³/mol. The molecule has 1 aromatic carbocycles. The summed E-state index contributed by atoms with van der Waals surface area (Å²) in [5.74, 6) is -9.97. The standard InChI is InChI=1S/C49H69N3O10/c1-23(2)10-8-9-11-25-13-16-30-29-14-12-26-22-27(18-20-48(26,5)31(29)19-21-47(25,30)4)62-46(60)51-32-17-15-28-24(3)33-35(40(54)34(28)39(32)53)43(57)49(61)37(41(33)55)38(52(6)7)42(56)36(44(49)58)45(50)59/h15,17,23-27,29-31,33,35-38,41,53,55,61H,8-14,16,18-22H2,1-7H3,(H2,50,59)(H,51,60)/t24-,25-,26?,27?,29?,30?,31?,33+,35?,36?,37+,38-,41-,47+,48-,49-/m0/s1. The van der Waals surface area contributed by atoms with E-state index in [1.54, 1.807) is 6.92 Å². The summed E-state index contributed by atoms with van der Waals surface area (Å²) in [5.41, 5.74) is 2.86. The maximum absolute atomic E-state index is 14.4. The molecule has 6 saturated carbocycles. The van der Waals surface area contributed by atoms with Crippen LogP contribution in [-0.4, -0.2) is 93.3 Å². The Morgan fingerprint density at radius 1 is 0.952 bits per heavy atom. The average Bonchev–Trinajstić information content (AvgIpc) is 3.54. The zero-order chi connectivity index (χ0) is 45.0. The lowest BCUT2D eigenvalue weighted by Crippen LogP contribution is -2.77. The number of aliphatic hydroxyl groups is 2. The number of phenolic OH excluding ortho intramolecular Hbond substituents is 1. The van der Waals surface area contributed by atoms with E-state index in [9.17, 15) is 44.1 Å². The number of primary amides is 1. The Kier molecular flexibility index (Phi) is 11.7. The number of anilines is 1. The number of benzene rings is 1. The number of hydrogen-bond acceptors (Lipinski definition) is 11. The van der Waals surface area contributed by atoms with Crippen molar-refractivity contribution in [3.63, 3.8) is 0 Å². The van der Waals surface area contributed by atoms with Gasteiger partial charge in [-0.1, -0.05) is 59.9 Å². The lowest BCUT2D eigenvalue weighted by atomic mass is 9.44. The number of nitrogens with one attached hydrogen (secondary N) is 1. The third kappa shape index (κ3) is 6.71. The van der Waals surface area contributed by atoms with E-state index in [0.717, 1.165) is 49.4 Å². The van der Waals surface area contributed by atoms with Gasteiger partial charge in [0.05, 0.1) is 35.2 Å². The number of hydrogen-bond donors (Lipinski definition) is 5. The highest BCUT2D eigenvalue weighted by molar-refractivity contribution is 6.32. The molecule has 1 aromatic rings. The van der Waals surface area contributed by atoms with Gasteiger partial charge in [0.2, 0.25) is 5.91 Å². The first kappa shape index (κ1) is 44.9.